The summed E-state index contributed by atoms with van der Waals surface area (Å²) in [6, 6.07) is 5.48. The number of rotatable bonds is 2. The van der Waals surface area contributed by atoms with Gasteiger partial charge in [0.2, 0.25) is 0 Å². The molecule has 3 rings (SSSR count). The summed E-state index contributed by atoms with van der Waals surface area (Å²) >= 11 is 19.0. The Hall–Kier alpha value is -0.110. The van der Waals surface area contributed by atoms with Gasteiger partial charge in [-0.05, 0) is 25.0 Å². The summed E-state index contributed by atoms with van der Waals surface area (Å²) in [5.74, 6) is 0.619. The molecule has 4 heteroatoms. The predicted octanol–water partition coefficient (Wildman–Crippen LogP) is 6.09. The first-order valence-electron chi connectivity index (χ1n) is 7.38. The molecule has 1 spiro atoms. The molecule has 0 amide bonds. The Labute approximate surface area is 135 Å². The summed E-state index contributed by atoms with van der Waals surface area (Å²) in [4.78, 5) is 0. The van der Waals surface area contributed by atoms with Gasteiger partial charge in [0, 0.05) is 17.2 Å². The van der Waals surface area contributed by atoms with E-state index in [0.717, 1.165) is 19.3 Å². The number of hydrogen-bond acceptors (Lipinski definition) is 1. The Bertz CT molecular complexity index is 460. The van der Waals surface area contributed by atoms with Gasteiger partial charge in [-0.25, -0.2) is 0 Å². The molecule has 0 bridgehead atoms. The van der Waals surface area contributed by atoms with E-state index in [9.17, 15) is 0 Å². The number of hydrogen-bond donors (Lipinski definition) is 0. The second kappa shape index (κ2) is 5.94. The molecule has 0 aliphatic heterocycles. The minimum atomic E-state index is 0.126. The highest BCUT2D eigenvalue weighted by atomic mass is 35.5. The molecule has 0 aromatic heterocycles. The highest BCUT2D eigenvalue weighted by Crippen LogP contribution is 2.55. The fourth-order valence-electron chi connectivity index (χ4n) is 3.62. The van der Waals surface area contributed by atoms with Gasteiger partial charge in [0.15, 0.2) is 5.75 Å². The maximum atomic E-state index is 6.55. The smallest absolute Gasteiger partial charge is 0.156 e. The zero-order valence-corrected chi connectivity index (χ0v) is 13.6. The predicted molar refractivity (Wildman–Crippen MR) is 85.3 cm³/mol. The van der Waals surface area contributed by atoms with E-state index >= 15 is 0 Å². The molecule has 2 fully saturated rings. The lowest BCUT2D eigenvalue weighted by atomic mass is 9.61. The Morgan fingerprint density at radius 3 is 2.15 bits per heavy atom. The van der Waals surface area contributed by atoms with Crippen LogP contribution in [-0.2, 0) is 0 Å². The summed E-state index contributed by atoms with van der Waals surface area (Å²) in [5, 5.41) is 1.39. The largest absolute Gasteiger partial charge is 0.487 e. The van der Waals surface area contributed by atoms with Crippen LogP contribution >= 0.6 is 34.8 Å². The molecule has 0 N–H and O–H groups in total. The first-order valence-corrected chi connectivity index (χ1v) is 8.57. The quantitative estimate of drug-likeness (QED) is 0.595. The third-order valence-electron chi connectivity index (χ3n) is 4.90. The van der Waals surface area contributed by atoms with Gasteiger partial charge < -0.3 is 4.74 Å². The van der Waals surface area contributed by atoms with Gasteiger partial charge in [0.25, 0.3) is 0 Å². The average molecular weight is 334 g/mol. The molecule has 20 heavy (non-hydrogen) atoms. The van der Waals surface area contributed by atoms with E-state index in [2.05, 4.69) is 0 Å². The van der Waals surface area contributed by atoms with Gasteiger partial charge in [-0.1, -0.05) is 55.0 Å². The number of halogens is 3. The fraction of sp³-hybridized carbons (Fsp3) is 0.625. The lowest BCUT2D eigenvalue weighted by Crippen LogP contribution is -2.57. The Morgan fingerprint density at radius 2 is 1.60 bits per heavy atom. The van der Waals surface area contributed by atoms with E-state index in [4.69, 9.17) is 39.5 Å². The molecule has 2 aliphatic carbocycles. The number of para-hydroxylation sites is 1. The van der Waals surface area contributed by atoms with Crippen LogP contribution in [0.5, 0.6) is 5.75 Å². The van der Waals surface area contributed by atoms with Crippen molar-refractivity contribution in [3.8, 4) is 5.75 Å². The van der Waals surface area contributed by atoms with Crippen molar-refractivity contribution in [3.63, 3.8) is 0 Å². The van der Waals surface area contributed by atoms with Crippen molar-refractivity contribution in [1.82, 2.24) is 0 Å². The van der Waals surface area contributed by atoms with Crippen molar-refractivity contribution in [2.45, 2.75) is 56.4 Å². The SMILES string of the molecule is Clc1cccc(Cl)c1OC1CC(Cl)C12CCCCCC2. The molecule has 2 aliphatic rings. The van der Waals surface area contributed by atoms with Crippen LogP contribution in [0.2, 0.25) is 10.0 Å². The van der Waals surface area contributed by atoms with E-state index in [1.165, 1.54) is 25.7 Å². The van der Waals surface area contributed by atoms with Gasteiger partial charge in [0.1, 0.15) is 6.10 Å². The topological polar surface area (TPSA) is 9.23 Å². The maximum Gasteiger partial charge on any atom is 0.156 e. The minimum absolute atomic E-state index is 0.126. The molecule has 0 radical (unpaired) electrons. The van der Waals surface area contributed by atoms with Crippen LogP contribution < -0.4 is 4.74 Å². The highest BCUT2D eigenvalue weighted by Gasteiger charge is 2.55. The van der Waals surface area contributed by atoms with E-state index in [-0.39, 0.29) is 16.9 Å². The molecular formula is C16H19Cl3O. The molecule has 2 atom stereocenters. The highest BCUT2D eigenvalue weighted by molar-refractivity contribution is 6.37. The summed E-state index contributed by atoms with van der Waals surface area (Å²) in [6.07, 6.45) is 8.49. The summed E-state index contributed by atoms with van der Waals surface area (Å²) in [6.45, 7) is 0. The lowest BCUT2D eigenvalue weighted by molar-refractivity contribution is -0.0511. The van der Waals surface area contributed by atoms with Crippen LogP contribution in [0.25, 0.3) is 0 Å². The van der Waals surface area contributed by atoms with Crippen molar-refractivity contribution >= 4 is 34.8 Å². The van der Waals surface area contributed by atoms with E-state index < -0.39 is 0 Å². The molecule has 2 saturated carbocycles. The third-order valence-corrected chi connectivity index (χ3v) is 6.11. The molecular weight excluding hydrogens is 315 g/mol. The van der Waals surface area contributed by atoms with E-state index in [0.29, 0.717) is 15.8 Å². The van der Waals surface area contributed by atoms with Crippen LogP contribution in [0.1, 0.15) is 44.9 Å². The third kappa shape index (κ3) is 2.53. The molecule has 0 saturated heterocycles. The van der Waals surface area contributed by atoms with E-state index in [1.807, 2.05) is 18.2 Å². The molecule has 1 aromatic carbocycles. The van der Waals surface area contributed by atoms with Crippen LogP contribution in [0.4, 0.5) is 0 Å². The second-order valence-electron chi connectivity index (χ2n) is 6.01. The van der Waals surface area contributed by atoms with Gasteiger partial charge in [0.05, 0.1) is 10.0 Å². The summed E-state index contributed by atoms with van der Waals surface area (Å²) in [7, 11) is 0. The minimum Gasteiger partial charge on any atom is -0.487 e. The molecule has 0 heterocycles. The van der Waals surface area contributed by atoms with Crippen molar-refractivity contribution in [3.05, 3.63) is 28.2 Å². The van der Waals surface area contributed by atoms with E-state index in [1.54, 1.807) is 0 Å². The van der Waals surface area contributed by atoms with Gasteiger partial charge in [-0.2, -0.15) is 0 Å². The van der Waals surface area contributed by atoms with Crippen LogP contribution in [0.15, 0.2) is 18.2 Å². The zero-order chi connectivity index (χ0) is 14.2. The van der Waals surface area contributed by atoms with Crippen molar-refractivity contribution in [2.75, 3.05) is 0 Å². The monoisotopic (exact) mass is 332 g/mol. The number of benzene rings is 1. The van der Waals surface area contributed by atoms with Crippen molar-refractivity contribution < 1.29 is 4.74 Å². The van der Waals surface area contributed by atoms with Gasteiger partial charge in [-0.15, -0.1) is 11.6 Å². The van der Waals surface area contributed by atoms with Crippen LogP contribution in [-0.4, -0.2) is 11.5 Å². The van der Waals surface area contributed by atoms with Crippen molar-refractivity contribution in [1.29, 1.82) is 0 Å². The van der Waals surface area contributed by atoms with Gasteiger partial charge >= 0.3 is 0 Å². The molecule has 2 unspecified atom stereocenters. The first kappa shape index (κ1) is 14.8. The standard InChI is InChI=1S/C16H19Cl3O/c17-11-6-5-7-12(18)15(11)20-14-10-13(19)16(14)8-3-1-2-4-9-16/h5-7,13-14H,1-4,8-10H2. The van der Waals surface area contributed by atoms with Crippen molar-refractivity contribution in [2.24, 2.45) is 5.41 Å². The molecule has 1 aromatic rings. The number of ether oxygens (including phenoxy) is 1. The van der Waals surface area contributed by atoms with Crippen LogP contribution in [0.3, 0.4) is 0 Å². The molecule has 1 nitrogen and oxygen atoms in total. The average Bonchev–Trinajstić information content (AvgIpc) is 2.69. The zero-order valence-electron chi connectivity index (χ0n) is 11.4. The van der Waals surface area contributed by atoms with Crippen LogP contribution in [0, 0.1) is 5.41 Å². The van der Waals surface area contributed by atoms with Gasteiger partial charge in [-0.3, -0.25) is 0 Å². The second-order valence-corrected chi connectivity index (χ2v) is 7.35. The normalized spacial score (nSPS) is 28.8. The Kier molecular flexibility index (Phi) is 4.40. The Balaban J connectivity index is 1.80. The lowest BCUT2D eigenvalue weighted by Gasteiger charge is -2.53. The first-order chi connectivity index (χ1) is 9.63. The fourth-order valence-corrected chi connectivity index (χ4v) is 4.63. The molecule has 110 valence electrons. The Morgan fingerprint density at radius 1 is 1.00 bits per heavy atom. The summed E-state index contributed by atoms with van der Waals surface area (Å²) < 4.78 is 6.18. The number of alkyl halides is 1. The maximum absolute atomic E-state index is 6.55. The summed E-state index contributed by atoms with van der Waals surface area (Å²) in [5.41, 5.74) is 0.126.